The molecule has 1 amide bonds. The van der Waals surface area contributed by atoms with Gasteiger partial charge >= 0.3 is 5.97 Å². The maximum absolute atomic E-state index is 12.5. The lowest BCUT2D eigenvalue weighted by Crippen LogP contribution is -2.41. The molecule has 1 aromatic heterocycles. The van der Waals surface area contributed by atoms with Gasteiger partial charge in [-0.2, -0.15) is 0 Å². The van der Waals surface area contributed by atoms with Crippen LogP contribution in [-0.4, -0.2) is 34.5 Å². The molecule has 0 unspecified atom stereocenters. The van der Waals surface area contributed by atoms with Crippen molar-refractivity contribution in [3.05, 3.63) is 35.1 Å². The molecule has 0 aliphatic heterocycles. The van der Waals surface area contributed by atoms with E-state index >= 15 is 0 Å². The van der Waals surface area contributed by atoms with E-state index in [0.717, 1.165) is 35.8 Å². The van der Waals surface area contributed by atoms with Gasteiger partial charge in [0.15, 0.2) is 0 Å². The molecule has 23 heavy (non-hydrogen) atoms. The van der Waals surface area contributed by atoms with Gasteiger partial charge in [-0.3, -0.25) is 9.59 Å². The van der Waals surface area contributed by atoms with Crippen molar-refractivity contribution in [1.29, 1.82) is 0 Å². The van der Waals surface area contributed by atoms with Crippen molar-refractivity contribution in [3.8, 4) is 0 Å². The topological polar surface area (TPSA) is 70.8 Å². The molecule has 1 heterocycles. The summed E-state index contributed by atoms with van der Waals surface area (Å²) >= 11 is 0. The SMILES string of the molecule is CC(C)N(CC(=O)O)C(=O)Cc1coc2cc3c(cc12)CCC3. The van der Waals surface area contributed by atoms with Gasteiger partial charge in [0.05, 0.1) is 12.7 Å². The van der Waals surface area contributed by atoms with Gasteiger partial charge in [-0.25, -0.2) is 0 Å². The Balaban J connectivity index is 1.86. The molecule has 2 aromatic rings. The molecule has 0 atom stereocenters. The minimum Gasteiger partial charge on any atom is -0.480 e. The number of benzene rings is 1. The normalized spacial score (nSPS) is 13.5. The Morgan fingerprint density at radius 3 is 2.61 bits per heavy atom. The smallest absolute Gasteiger partial charge is 0.323 e. The summed E-state index contributed by atoms with van der Waals surface area (Å²) in [5.74, 6) is -1.19. The molecule has 1 N–H and O–H groups in total. The summed E-state index contributed by atoms with van der Waals surface area (Å²) in [7, 11) is 0. The number of fused-ring (bicyclic) bond motifs is 2. The molecule has 0 fully saturated rings. The minimum absolute atomic E-state index is 0.152. The second kappa shape index (κ2) is 6.07. The van der Waals surface area contributed by atoms with Crippen molar-refractivity contribution in [2.24, 2.45) is 0 Å². The van der Waals surface area contributed by atoms with E-state index < -0.39 is 5.97 Å². The van der Waals surface area contributed by atoms with E-state index in [1.165, 1.54) is 16.0 Å². The quantitative estimate of drug-likeness (QED) is 0.921. The number of rotatable bonds is 5. The third kappa shape index (κ3) is 3.09. The Morgan fingerprint density at radius 1 is 1.26 bits per heavy atom. The van der Waals surface area contributed by atoms with Crippen LogP contribution >= 0.6 is 0 Å². The summed E-state index contributed by atoms with van der Waals surface area (Å²) in [5, 5.41) is 9.94. The fourth-order valence-electron chi connectivity index (χ4n) is 3.25. The Kier molecular flexibility index (Phi) is 4.11. The van der Waals surface area contributed by atoms with E-state index in [4.69, 9.17) is 9.52 Å². The van der Waals surface area contributed by atoms with Crippen molar-refractivity contribution < 1.29 is 19.1 Å². The van der Waals surface area contributed by atoms with Gasteiger partial charge in [-0.15, -0.1) is 0 Å². The van der Waals surface area contributed by atoms with E-state index in [1.807, 2.05) is 13.8 Å². The molecule has 0 bridgehead atoms. The molecule has 0 saturated heterocycles. The first-order valence-electron chi connectivity index (χ1n) is 7.99. The number of carbonyl (C=O) groups is 2. The van der Waals surface area contributed by atoms with Crippen LogP contribution in [-0.2, 0) is 28.9 Å². The summed E-state index contributed by atoms with van der Waals surface area (Å²) in [6, 6.07) is 4.05. The number of aliphatic carboxylic acids is 1. The van der Waals surface area contributed by atoms with Crippen molar-refractivity contribution in [2.75, 3.05) is 6.54 Å². The predicted octanol–water partition coefficient (Wildman–Crippen LogP) is 2.79. The van der Waals surface area contributed by atoms with Crippen LogP contribution in [0.25, 0.3) is 11.0 Å². The lowest BCUT2D eigenvalue weighted by Gasteiger charge is -2.24. The van der Waals surface area contributed by atoms with Gasteiger partial charge in [0.25, 0.3) is 0 Å². The lowest BCUT2D eigenvalue weighted by molar-refractivity contribution is -0.145. The first-order chi connectivity index (χ1) is 11.0. The van der Waals surface area contributed by atoms with Crippen molar-refractivity contribution in [1.82, 2.24) is 4.90 Å². The Hall–Kier alpha value is -2.30. The maximum Gasteiger partial charge on any atom is 0.323 e. The van der Waals surface area contributed by atoms with Crippen LogP contribution in [0.2, 0.25) is 0 Å². The number of aryl methyl sites for hydroxylation is 2. The zero-order valence-electron chi connectivity index (χ0n) is 13.5. The lowest BCUT2D eigenvalue weighted by atomic mass is 10.0. The van der Waals surface area contributed by atoms with Crippen LogP contribution in [0.15, 0.2) is 22.8 Å². The van der Waals surface area contributed by atoms with Crippen molar-refractivity contribution in [3.63, 3.8) is 0 Å². The third-order valence-electron chi connectivity index (χ3n) is 4.46. The van der Waals surface area contributed by atoms with Gasteiger partial charge in [-0.05, 0) is 56.4 Å². The van der Waals surface area contributed by atoms with Crippen LogP contribution in [0.1, 0.15) is 37.0 Å². The van der Waals surface area contributed by atoms with E-state index in [0.29, 0.717) is 0 Å². The number of carbonyl (C=O) groups excluding carboxylic acids is 1. The Morgan fingerprint density at radius 2 is 1.96 bits per heavy atom. The largest absolute Gasteiger partial charge is 0.480 e. The van der Waals surface area contributed by atoms with E-state index in [2.05, 4.69) is 12.1 Å². The zero-order valence-corrected chi connectivity index (χ0v) is 13.5. The Labute approximate surface area is 134 Å². The highest BCUT2D eigenvalue weighted by atomic mass is 16.4. The summed E-state index contributed by atoms with van der Waals surface area (Å²) in [4.78, 5) is 24.8. The van der Waals surface area contributed by atoms with Gasteiger partial charge in [0.2, 0.25) is 5.91 Å². The molecule has 0 radical (unpaired) electrons. The summed E-state index contributed by atoms with van der Waals surface area (Å²) < 4.78 is 5.61. The Bertz CT molecular complexity index is 760. The average Bonchev–Trinajstić information content (AvgIpc) is 3.08. The maximum atomic E-state index is 12.5. The molecule has 5 heteroatoms. The van der Waals surface area contributed by atoms with Crippen LogP contribution in [0.5, 0.6) is 0 Å². The highest BCUT2D eigenvalue weighted by molar-refractivity contribution is 5.90. The van der Waals surface area contributed by atoms with Crippen molar-refractivity contribution in [2.45, 2.75) is 45.6 Å². The molecular formula is C18H21NO4. The van der Waals surface area contributed by atoms with Crippen LogP contribution < -0.4 is 0 Å². The molecule has 122 valence electrons. The highest BCUT2D eigenvalue weighted by Crippen LogP contribution is 2.30. The molecule has 3 rings (SSSR count). The number of nitrogens with zero attached hydrogens (tertiary/aromatic N) is 1. The number of amides is 1. The molecule has 1 aromatic carbocycles. The molecule has 0 saturated carbocycles. The number of furan rings is 1. The monoisotopic (exact) mass is 315 g/mol. The summed E-state index contributed by atoms with van der Waals surface area (Å²) in [6.45, 7) is 3.37. The average molecular weight is 315 g/mol. The minimum atomic E-state index is -0.998. The standard InChI is InChI=1S/C18H21NO4/c1-11(2)19(9-18(21)22)17(20)8-14-10-23-16-7-13-5-3-4-12(13)6-15(14)16/h6-7,10-11H,3-5,8-9H2,1-2H3,(H,21,22). The van der Waals surface area contributed by atoms with E-state index in [1.54, 1.807) is 6.26 Å². The molecular weight excluding hydrogens is 294 g/mol. The van der Waals surface area contributed by atoms with Gasteiger partial charge in [0, 0.05) is 17.0 Å². The molecule has 5 nitrogen and oxygen atoms in total. The van der Waals surface area contributed by atoms with Crippen LogP contribution in [0.3, 0.4) is 0 Å². The fraction of sp³-hybridized carbons (Fsp3) is 0.444. The summed E-state index contributed by atoms with van der Waals surface area (Å²) in [5.41, 5.74) is 4.30. The summed E-state index contributed by atoms with van der Waals surface area (Å²) in [6.07, 6.45) is 5.10. The third-order valence-corrected chi connectivity index (χ3v) is 4.46. The van der Waals surface area contributed by atoms with Crippen LogP contribution in [0, 0.1) is 0 Å². The molecule has 1 aliphatic carbocycles. The van der Waals surface area contributed by atoms with E-state index in [-0.39, 0.29) is 24.9 Å². The highest BCUT2D eigenvalue weighted by Gasteiger charge is 2.22. The van der Waals surface area contributed by atoms with Crippen molar-refractivity contribution >= 4 is 22.8 Å². The number of carboxylic acids is 1. The molecule has 1 aliphatic rings. The van der Waals surface area contributed by atoms with Crippen LogP contribution in [0.4, 0.5) is 0 Å². The second-order valence-electron chi connectivity index (χ2n) is 6.42. The number of carboxylic acid groups (broad SMARTS) is 1. The second-order valence-corrected chi connectivity index (χ2v) is 6.42. The van der Waals surface area contributed by atoms with Gasteiger partial charge in [0.1, 0.15) is 12.1 Å². The van der Waals surface area contributed by atoms with E-state index in [9.17, 15) is 9.59 Å². The number of hydrogen-bond acceptors (Lipinski definition) is 3. The zero-order chi connectivity index (χ0) is 16.6. The number of hydrogen-bond donors (Lipinski definition) is 1. The predicted molar refractivity (Wildman–Crippen MR) is 86.4 cm³/mol. The fourth-order valence-corrected chi connectivity index (χ4v) is 3.25. The first kappa shape index (κ1) is 15.6. The molecule has 0 spiro atoms. The van der Waals surface area contributed by atoms with Gasteiger partial charge < -0.3 is 14.4 Å². The first-order valence-corrected chi connectivity index (χ1v) is 7.99. The van der Waals surface area contributed by atoms with Gasteiger partial charge in [-0.1, -0.05) is 0 Å².